The van der Waals surface area contributed by atoms with Gasteiger partial charge in [-0.15, -0.1) is 0 Å². The zero-order valence-electron chi connectivity index (χ0n) is 9.94. The third kappa shape index (κ3) is 3.18. The van der Waals surface area contributed by atoms with Crippen molar-refractivity contribution in [2.24, 2.45) is 5.92 Å². The smallest absolute Gasteiger partial charge is 0.224 e. The van der Waals surface area contributed by atoms with Gasteiger partial charge in [0.05, 0.1) is 12.6 Å². The first-order valence-corrected chi connectivity index (χ1v) is 5.61. The van der Waals surface area contributed by atoms with E-state index in [0.717, 1.165) is 19.5 Å². The number of amides is 1. The van der Waals surface area contributed by atoms with Crippen molar-refractivity contribution in [2.45, 2.75) is 25.8 Å². The Labute approximate surface area is 91.9 Å². The van der Waals surface area contributed by atoms with Crippen molar-refractivity contribution in [1.82, 2.24) is 9.80 Å². The summed E-state index contributed by atoms with van der Waals surface area (Å²) in [5.41, 5.74) is 0. The van der Waals surface area contributed by atoms with E-state index in [1.165, 1.54) is 0 Å². The molecule has 0 radical (unpaired) electrons. The van der Waals surface area contributed by atoms with Crippen molar-refractivity contribution in [2.75, 3.05) is 33.8 Å². The Bertz CT molecular complexity index is 219. The van der Waals surface area contributed by atoms with Gasteiger partial charge in [-0.05, 0) is 26.4 Å². The number of aliphatic hydroxyl groups excluding tert-OH is 1. The first-order chi connectivity index (χ1) is 7.06. The maximum Gasteiger partial charge on any atom is 0.224 e. The largest absolute Gasteiger partial charge is 0.394 e. The lowest BCUT2D eigenvalue weighted by atomic mass is 10.0. The van der Waals surface area contributed by atoms with Crippen LogP contribution in [0, 0.1) is 5.92 Å². The summed E-state index contributed by atoms with van der Waals surface area (Å²) in [6.07, 6.45) is 1.56. The highest BCUT2D eigenvalue weighted by Gasteiger charge is 2.33. The topological polar surface area (TPSA) is 43.8 Å². The minimum absolute atomic E-state index is 0.0414. The Hall–Kier alpha value is -0.610. The van der Waals surface area contributed by atoms with Crippen LogP contribution in [0.5, 0.6) is 0 Å². The third-order valence-corrected chi connectivity index (χ3v) is 3.16. The van der Waals surface area contributed by atoms with Crippen LogP contribution in [0.1, 0.15) is 19.8 Å². The molecule has 0 saturated carbocycles. The number of hydrogen-bond donors (Lipinski definition) is 1. The lowest BCUT2D eigenvalue weighted by molar-refractivity contribution is -0.133. The monoisotopic (exact) mass is 214 g/mol. The second kappa shape index (κ2) is 5.47. The number of rotatable bonds is 4. The summed E-state index contributed by atoms with van der Waals surface area (Å²) in [5.74, 6) is 0.602. The van der Waals surface area contributed by atoms with Gasteiger partial charge in [0.25, 0.3) is 0 Å². The van der Waals surface area contributed by atoms with Crippen LogP contribution in [0.2, 0.25) is 0 Å². The minimum atomic E-state index is 0.0414. The summed E-state index contributed by atoms with van der Waals surface area (Å²) in [4.78, 5) is 15.7. The fraction of sp³-hybridized carbons (Fsp3) is 0.909. The average molecular weight is 214 g/mol. The molecule has 0 aliphatic carbocycles. The van der Waals surface area contributed by atoms with E-state index in [9.17, 15) is 9.90 Å². The molecule has 1 rings (SSSR count). The van der Waals surface area contributed by atoms with Crippen molar-refractivity contribution in [3.63, 3.8) is 0 Å². The van der Waals surface area contributed by atoms with Crippen LogP contribution in [-0.2, 0) is 4.79 Å². The molecule has 0 aromatic heterocycles. The van der Waals surface area contributed by atoms with E-state index in [0.29, 0.717) is 12.3 Å². The van der Waals surface area contributed by atoms with Crippen molar-refractivity contribution in [3.8, 4) is 0 Å². The highest BCUT2D eigenvalue weighted by Crippen LogP contribution is 2.23. The van der Waals surface area contributed by atoms with E-state index < -0.39 is 0 Å². The highest BCUT2D eigenvalue weighted by atomic mass is 16.3. The second-order valence-corrected chi connectivity index (χ2v) is 4.66. The fourth-order valence-electron chi connectivity index (χ4n) is 2.06. The van der Waals surface area contributed by atoms with Crippen LogP contribution in [0.3, 0.4) is 0 Å². The van der Waals surface area contributed by atoms with Gasteiger partial charge < -0.3 is 14.9 Å². The summed E-state index contributed by atoms with van der Waals surface area (Å²) in [6.45, 7) is 3.77. The summed E-state index contributed by atoms with van der Waals surface area (Å²) < 4.78 is 0. The molecule has 4 nitrogen and oxygen atoms in total. The van der Waals surface area contributed by atoms with Gasteiger partial charge in [0, 0.05) is 19.5 Å². The van der Waals surface area contributed by atoms with Gasteiger partial charge >= 0.3 is 0 Å². The Balaban J connectivity index is 2.45. The number of nitrogens with zero attached hydrogens (tertiary/aromatic N) is 2. The quantitative estimate of drug-likeness (QED) is 0.725. The predicted octanol–water partition coefficient (Wildman–Crippen LogP) is 0.167. The van der Waals surface area contributed by atoms with Gasteiger partial charge in [-0.2, -0.15) is 0 Å². The molecule has 1 saturated heterocycles. The molecule has 0 bridgehead atoms. The highest BCUT2D eigenvalue weighted by molar-refractivity contribution is 5.77. The molecule has 1 N–H and O–H groups in total. The van der Waals surface area contributed by atoms with Crippen LogP contribution in [0.15, 0.2) is 0 Å². The van der Waals surface area contributed by atoms with Gasteiger partial charge in [0.2, 0.25) is 5.91 Å². The first-order valence-electron chi connectivity index (χ1n) is 5.61. The van der Waals surface area contributed by atoms with Crippen LogP contribution in [0.4, 0.5) is 0 Å². The van der Waals surface area contributed by atoms with Gasteiger partial charge in [0.15, 0.2) is 0 Å². The van der Waals surface area contributed by atoms with Gasteiger partial charge in [-0.1, -0.05) is 6.92 Å². The van der Waals surface area contributed by atoms with Gasteiger partial charge in [0.1, 0.15) is 0 Å². The van der Waals surface area contributed by atoms with E-state index >= 15 is 0 Å². The molecule has 4 heteroatoms. The normalized spacial score (nSPS) is 26.3. The van der Waals surface area contributed by atoms with E-state index in [1.807, 2.05) is 23.9 Å². The molecular weight excluding hydrogens is 192 g/mol. The number of hydrogen-bond acceptors (Lipinski definition) is 3. The van der Waals surface area contributed by atoms with E-state index in [-0.39, 0.29) is 18.6 Å². The first kappa shape index (κ1) is 12.5. The molecule has 88 valence electrons. The second-order valence-electron chi connectivity index (χ2n) is 4.66. The van der Waals surface area contributed by atoms with Crippen molar-refractivity contribution >= 4 is 5.91 Å². The molecule has 15 heavy (non-hydrogen) atoms. The molecule has 0 aromatic carbocycles. The van der Waals surface area contributed by atoms with Crippen LogP contribution >= 0.6 is 0 Å². The summed E-state index contributed by atoms with van der Waals surface area (Å²) >= 11 is 0. The fourth-order valence-corrected chi connectivity index (χ4v) is 2.06. The lowest BCUT2D eigenvalue weighted by Gasteiger charge is -2.25. The number of likely N-dealkylation sites (tertiary alicyclic amines) is 1. The van der Waals surface area contributed by atoms with Gasteiger partial charge in [-0.25, -0.2) is 0 Å². The molecule has 1 amide bonds. The average Bonchev–Trinajstić information content (AvgIpc) is 2.55. The molecule has 2 atom stereocenters. The molecule has 1 fully saturated rings. The van der Waals surface area contributed by atoms with E-state index in [1.54, 1.807) is 0 Å². The molecule has 2 unspecified atom stereocenters. The maximum atomic E-state index is 11.9. The van der Waals surface area contributed by atoms with Gasteiger partial charge in [-0.3, -0.25) is 4.79 Å². The van der Waals surface area contributed by atoms with Crippen molar-refractivity contribution in [3.05, 3.63) is 0 Å². The van der Waals surface area contributed by atoms with E-state index in [2.05, 4.69) is 6.92 Å². The third-order valence-electron chi connectivity index (χ3n) is 3.16. The zero-order chi connectivity index (χ0) is 11.4. The van der Waals surface area contributed by atoms with Crippen LogP contribution in [0.25, 0.3) is 0 Å². The summed E-state index contributed by atoms with van der Waals surface area (Å²) in [5, 5.41) is 9.23. The Morgan fingerprint density at radius 3 is 2.73 bits per heavy atom. The summed E-state index contributed by atoms with van der Waals surface area (Å²) in [7, 11) is 3.92. The van der Waals surface area contributed by atoms with Crippen molar-refractivity contribution < 1.29 is 9.90 Å². The number of aliphatic hydroxyl groups is 1. The Morgan fingerprint density at radius 2 is 2.20 bits per heavy atom. The number of carbonyl (C=O) groups excluding carboxylic acids is 1. The van der Waals surface area contributed by atoms with Crippen molar-refractivity contribution in [1.29, 1.82) is 0 Å². The SMILES string of the molecule is CC1CCN(C(=O)CCN(C)C)C1CO. The Morgan fingerprint density at radius 1 is 1.53 bits per heavy atom. The molecule has 1 aliphatic rings. The maximum absolute atomic E-state index is 11.9. The zero-order valence-corrected chi connectivity index (χ0v) is 9.94. The molecule has 1 aliphatic heterocycles. The molecule has 0 spiro atoms. The molecule has 1 heterocycles. The minimum Gasteiger partial charge on any atom is -0.394 e. The Kier molecular flexibility index (Phi) is 4.54. The summed E-state index contributed by atoms with van der Waals surface area (Å²) in [6, 6.07) is 0.0414. The van der Waals surface area contributed by atoms with Crippen LogP contribution in [-0.4, -0.2) is 60.6 Å². The molecule has 0 aromatic rings. The predicted molar refractivity (Wildman–Crippen MR) is 59.5 cm³/mol. The van der Waals surface area contributed by atoms with E-state index in [4.69, 9.17) is 0 Å². The lowest BCUT2D eigenvalue weighted by Crippen LogP contribution is -2.40. The molecular formula is C11H22N2O2. The number of carbonyl (C=O) groups is 1. The van der Waals surface area contributed by atoms with Crippen LogP contribution < -0.4 is 0 Å². The standard InChI is InChI=1S/C11H22N2O2/c1-9-4-7-13(10(9)8-14)11(15)5-6-12(2)3/h9-10,14H,4-8H2,1-3H3.